The second-order valence-corrected chi connectivity index (χ2v) is 3.79. The van der Waals surface area contributed by atoms with Crippen LogP contribution in [0.15, 0.2) is 24.3 Å². The highest BCUT2D eigenvalue weighted by Gasteiger charge is 2.12. The lowest BCUT2D eigenvalue weighted by Gasteiger charge is -2.20. The van der Waals surface area contributed by atoms with E-state index in [9.17, 15) is 4.79 Å². The predicted molar refractivity (Wildman–Crippen MR) is 69.2 cm³/mol. The van der Waals surface area contributed by atoms with Gasteiger partial charge in [0.05, 0.1) is 20.3 Å². The van der Waals surface area contributed by atoms with Crippen LogP contribution in [0, 0.1) is 0 Å². The van der Waals surface area contributed by atoms with Crippen molar-refractivity contribution in [2.75, 3.05) is 40.0 Å². The average Bonchev–Trinajstić information content (AvgIpc) is 2.45. The maximum absolute atomic E-state index is 11.8. The maximum atomic E-state index is 11.8. The van der Waals surface area contributed by atoms with E-state index in [1.807, 2.05) is 0 Å². The summed E-state index contributed by atoms with van der Waals surface area (Å²) in [6.45, 7) is -0.0500. The van der Waals surface area contributed by atoms with Crippen LogP contribution in [0.5, 0.6) is 11.5 Å². The van der Waals surface area contributed by atoms with E-state index in [4.69, 9.17) is 19.7 Å². The lowest BCUT2D eigenvalue weighted by molar-refractivity contribution is -0.134. The highest BCUT2D eigenvalue weighted by atomic mass is 16.5. The van der Waals surface area contributed by atoms with Crippen molar-refractivity contribution in [3.05, 3.63) is 24.3 Å². The first-order valence-electron chi connectivity index (χ1n) is 5.97. The zero-order valence-corrected chi connectivity index (χ0v) is 10.9. The van der Waals surface area contributed by atoms with Crippen LogP contribution in [0.4, 0.5) is 0 Å². The topological polar surface area (TPSA) is 79.2 Å². The van der Waals surface area contributed by atoms with E-state index >= 15 is 0 Å². The normalized spacial score (nSPS) is 10.1. The van der Waals surface area contributed by atoms with E-state index in [0.717, 1.165) is 0 Å². The van der Waals surface area contributed by atoms with E-state index in [-0.39, 0.29) is 38.8 Å². The number of aliphatic hydroxyl groups is 2. The van der Waals surface area contributed by atoms with E-state index < -0.39 is 0 Å². The molecule has 106 valence electrons. The van der Waals surface area contributed by atoms with Crippen molar-refractivity contribution in [3.63, 3.8) is 0 Å². The number of nitrogens with zero attached hydrogens (tertiary/aromatic N) is 1. The van der Waals surface area contributed by atoms with Gasteiger partial charge in [0.1, 0.15) is 11.5 Å². The van der Waals surface area contributed by atoms with Crippen LogP contribution in [0.3, 0.4) is 0 Å². The zero-order chi connectivity index (χ0) is 14.1. The van der Waals surface area contributed by atoms with Crippen LogP contribution in [0.1, 0.15) is 0 Å². The van der Waals surface area contributed by atoms with Crippen molar-refractivity contribution in [2.45, 2.75) is 0 Å². The van der Waals surface area contributed by atoms with Crippen LogP contribution in [0.25, 0.3) is 0 Å². The monoisotopic (exact) mass is 269 g/mol. The third kappa shape index (κ3) is 5.15. The highest BCUT2D eigenvalue weighted by Crippen LogP contribution is 2.16. The molecule has 0 aliphatic heterocycles. The van der Waals surface area contributed by atoms with Gasteiger partial charge in [-0.2, -0.15) is 0 Å². The Kier molecular flexibility index (Phi) is 6.70. The van der Waals surface area contributed by atoms with Gasteiger partial charge in [0.15, 0.2) is 6.61 Å². The first-order chi connectivity index (χ1) is 9.21. The molecule has 1 aromatic rings. The molecule has 19 heavy (non-hydrogen) atoms. The fourth-order valence-electron chi connectivity index (χ4n) is 1.51. The number of ether oxygens (including phenoxy) is 2. The number of benzene rings is 1. The van der Waals surface area contributed by atoms with Crippen LogP contribution in [0.2, 0.25) is 0 Å². The van der Waals surface area contributed by atoms with Crippen molar-refractivity contribution in [1.29, 1.82) is 0 Å². The molecule has 1 aromatic carbocycles. The summed E-state index contributed by atoms with van der Waals surface area (Å²) in [5, 5.41) is 17.6. The minimum Gasteiger partial charge on any atom is -0.497 e. The second-order valence-electron chi connectivity index (χ2n) is 3.79. The van der Waals surface area contributed by atoms with Gasteiger partial charge in [0.2, 0.25) is 0 Å². The number of hydrogen-bond acceptors (Lipinski definition) is 5. The van der Waals surface area contributed by atoms with E-state index in [0.29, 0.717) is 11.5 Å². The standard InChI is InChI=1S/C13H19NO5/c1-18-11-2-4-12(5-3-11)19-10-13(17)14(6-8-15)7-9-16/h2-5,15-16H,6-10H2,1H3. The van der Waals surface area contributed by atoms with Gasteiger partial charge in [-0.25, -0.2) is 0 Å². The van der Waals surface area contributed by atoms with Gasteiger partial charge in [-0.15, -0.1) is 0 Å². The highest BCUT2D eigenvalue weighted by molar-refractivity contribution is 5.77. The molecular weight excluding hydrogens is 250 g/mol. The molecule has 1 rings (SSSR count). The molecule has 0 aliphatic rings. The van der Waals surface area contributed by atoms with Crippen LogP contribution in [-0.2, 0) is 4.79 Å². The summed E-state index contributed by atoms with van der Waals surface area (Å²) in [4.78, 5) is 13.1. The Bertz CT molecular complexity index is 373. The third-order valence-corrected chi connectivity index (χ3v) is 2.51. The number of carbonyl (C=O) groups is 1. The number of hydrogen-bond donors (Lipinski definition) is 2. The van der Waals surface area contributed by atoms with Gasteiger partial charge < -0.3 is 24.6 Å². The van der Waals surface area contributed by atoms with Gasteiger partial charge in [-0.1, -0.05) is 0 Å². The van der Waals surface area contributed by atoms with Crippen molar-refractivity contribution in [1.82, 2.24) is 4.90 Å². The smallest absolute Gasteiger partial charge is 0.260 e. The molecule has 0 radical (unpaired) electrons. The molecule has 6 nitrogen and oxygen atoms in total. The molecule has 6 heteroatoms. The first-order valence-corrected chi connectivity index (χ1v) is 5.97. The molecule has 0 heterocycles. The summed E-state index contributed by atoms with van der Waals surface area (Å²) in [7, 11) is 1.57. The fraction of sp³-hybridized carbons (Fsp3) is 0.462. The Morgan fingerprint density at radius 1 is 1.11 bits per heavy atom. The van der Waals surface area contributed by atoms with Gasteiger partial charge >= 0.3 is 0 Å². The van der Waals surface area contributed by atoms with Crippen LogP contribution in [-0.4, -0.2) is 61.0 Å². The summed E-state index contributed by atoms with van der Waals surface area (Å²) in [5.41, 5.74) is 0. The molecule has 0 spiro atoms. The van der Waals surface area contributed by atoms with Crippen molar-refractivity contribution in [2.24, 2.45) is 0 Å². The first kappa shape index (κ1) is 15.3. The van der Waals surface area contributed by atoms with Crippen molar-refractivity contribution < 1.29 is 24.5 Å². The Balaban J connectivity index is 2.46. The molecule has 0 fully saturated rings. The molecule has 0 saturated carbocycles. The minimum absolute atomic E-state index is 0.133. The van der Waals surface area contributed by atoms with Crippen molar-refractivity contribution >= 4 is 5.91 Å². The summed E-state index contributed by atoms with van der Waals surface area (Å²) < 4.78 is 10.3. The van der Waals surface area contributed by atoms with Crippen molar-refractivity contribution in [3.8, 4) is 11.5 Å². The number of rotatable bonds is 8. The SMILES string of the molecule is COc1ccc(OCC(=O)N(CCO)CCO)cc1. The quantitative estimate of drug-likeness (QED) is 0.688. The van der Waals surface area contributed by atoms with E-state index in [1.165, 1.54) is 4.90 Å². The summed E-state index contributed by atoms with van der Waals surface area (Å²) in [6.07, 6.45) is 0. The molecule has 0 aromatic heterocycles. The Morgan fingerprint density at radius 2 is 1.63 bits per heavy atom. The summed E-state index contributed by atoms with van der Waals surface area (Å²) in [5.74, 6) is 0.988. The zero-order valence-electron chi connectivity index (χ0n) is 10.9. The molecule has 0 aliphatic carbocycles. The number of methoxy groups -OCH3 is 1. The van der Waals surface area contributed by atoms with Gasteiger partial charge in [0.25, 0.3) is 5.91 Å². The summed E-state index contributed by atoms with van der Waals surface area (Å²) in [6, 6.07) is 6.88. The number of amides is 1. The Hall–Kier alpha value is -1.79. The third-order valence-electron chi connectivity index (χ3n) is 2.51. The largest absolute Gasteiger partial charge is 0.497 e. The van der Waals surface area contributed by atoms with Gasteiger partial charge in [-0.05, 0) is 24.3 Å². The van der Waals surface area contributed by atoms with E-state index in [2.05, 4.69) is 0 Å². The minimum atomic E-state index is -0.279. The molecule has 0 unspecified atom stereocenters. The molecular formula is C13H19NO5. The van der Waals surface area contributed by atoms with Gasteiger partial charge in [-0.3, -0.25) is 4.79 Å². The Labute approximate surface area is 112 Å². The fourth-order valence-corrected chi connectivity index (χ4v) is 1.51. The van der Waals surface area contributed by atoms with Gasteiger partial charge in [0, 0.05) is 13.1 Å². The second kappa shape index (κ2) is 8.34. The van der Waals surface area contributed by atoms with E-state index in [1.54, 1.807) is 31.4 Å². The molecule has 0 bridgehead atoms. The lowest BCUT2D eigenvalue weighted by atomic mass is 10.3. The number of carbonyl (C=O) groups excluding carboxylic acids is 1. The molecule has 1 amide bonds. The summed E-state index contributed by atoms with van der Waals surface area (Å²) >= 11 is 0. The molecule has 0 saturated heterocycles. The maximum Gasteiger partial charge on any atom is 0.260 e. The molecule has 0 atom stereocenters. The van der Waals surface area contributed by atoms with Crippen LogP contribution < -0.4 is 9.47 Å². The predicted octanol–water partition coefficient (Wildman–Crippen LogP) is -0.113. The Morgan fingerprint density at radius 3 is 2.11 bits per heavy atom. The van der Waals surface area contributed by atoms with Crippen LogP contribution >= 0.6 is 0 Å². The molecule has 2 N–H and O–H groups in total. The number of aliphatic hydroxyl groups excluding tert-OH is 2. The average molecular weight is 269 g/mol. The lowest BCUT2D eigenvalue weighted by Crippen LogP contribution is -2.38.